The first-order chi connectivity index (χ1) is 10.7. The first-order valence-corrected chi connectivity index (χ1v) is 7.29. The van der Waals surface area contributed by atoms with E-state index in [1.165, 1.54) is 22.8 Å². The van der Waals surface area contributed by atoms with Crippen molar-refractivity contribution in [3.05, 3.63) is 48.6 Å². The summed E-state index contributed by atoms with van der Waals surface area (Å²) in [5.41, 5.74) is 1.98. The van der Waals surface area contributed by atoms with Crippen LogP contribution < -0.4 is 4.90 Å². The van der Waals surface area contributed by atoms with Crippen molar-refractivity contribution in [3.63, 3.8) is 0 Å². The number of aromatic nitrogens is 3. The lowest BCUT2D eigenvalue weighted by molar-refractivity contribution is 0.103. The predicted octanol–water partition coefficient (Wildman–Crippen LogP) is 2.46. The molecule has 2 aromatic rings. The second-order valence-corrected chi connectivity index (χ2v) is 4.85. The molecule has 0 saturated heterocycles. The van der Waals surface area contributed by atoms with E-state index in [-0.39, 0.29) is 5.78 Å². The van der Waals surface area contributed by atoms with E-state index in [1.807, 2.05) is 24.3 Å². The Balaban J connectivity index is 1.90. The average molecular weight is 295 g/mol. The molecule has 0 saturated carbocycles. The Hall–Kier alpha value is -2.76. The van der Waals surface area contributed by atoms with Crippen LogP contribution in [0.25, 0.3) is 0 Å². The van der Waals surface area contributed by atoms with Crippen molar-refractivity contribution in [2.24, 2.45) is 4.99 Å². The smallest absolute Gasteiger partial charge is 0.223 e. The summed E-state index contributed by atoms with van der Waals surface area (Å²) in [5, 5.41) is 4.05. The highest BCUT2D eigenvalue weighted by molar-refractivity contribution is 6.13. The van der Waals surface area contributed by atoms with Crippen LogP contribution >= 0.6 is 0 Å². The minimum absolute atomic E-state index is 0.159. The van der Waals surface area contributed by atoms with Gasteiger partial charge in [-0.25, -0.2) is 9.98 Å². The van der Waals surface area contributed by atoms with Gasteiger partial charge >= 0.3 is 0 Å². The van der Waals surface area contributed by atoms with Gasteiger partial charge in [0.2, 0.25) is 11.6 Å². The Morgan fingerprint density at radius 3 is 2.55 bits per heavy atom. The highest BCUT2D eigenvalue weighted by Crippen LogP contribution is 2.20. The number of carbonyl (C=O) groups excluding carboxylic acids is 1. The number of hydrogen-bond donors (Lipinski definition) is 0. The van der Waals surface area contributed by atoms with Gasteiger partial charge in [-0.1, -0.05) is 0 Å². The standard InChI is InChI=1S/C16H17N5O/c1-3-20(4-2)13-7-5-12(6-8-13)19-15-10-9-14(22)16-17-11-18-21(15)16/h5-11H,3-4H2,1-2H3/b19-15-. The molecule has 1 aromatic carbocycles. The molecule has 1 aliphatic rings. The molecule has 2 heterocycles. The number of carbonyl (C=O) groups is 1. The van der Waals surface area contributed by atoms with Crippen molar-refractivity contribution in [1.29, 1.82) is 0 Å². The minimum atomic E-state index is -0.159. The zero-order valence-corrected chi connectivity index (χ0v) is 12.6. The van der Waals surface area contributed by atoms with Gasteiger partial charge in [0, 0.05) is 18.8 Å². The normalized spacial score (nSPS) is 15.2. The van der Waals surface area contributed by atoms with Crippen molar-refractivity contribution >= 4 is 23.0 Å². The summed E-state index contributed by atoms with van der Waals surface area (Å²) in [6.45, 7) is 6.20. The fourth-order valence-electron chi connectivity index (χ4n) is 2.42. The van der Waals surface area contributed by atoms with Gasteiger partial charge in [-0.2, -0.15) is 9.78 Å². The molecule has 1 aromatic heterocycles. The average Bonchev–Trinajstić information content (AvgIpc) is 3.04. The fraction of sp³-hybridized carbons (Fsp3) is 0.250. The molecule has 6 heteroatoms. The molecule has 0 spiro atoms. The molecular weight excluding hydrogens is 278 g/mol. The quantitative estimate of drug-likeness (QED) is 0.869. The summed E-state index contributed by atoms with van der Waals surface area (Å²) in [4.78, 5) is 22.4. The monoisotopic (exact) mass is 295 g/mol. The lowest BCUT2D eigenvalue weighted by atomic mass is 10.2. The minimum Gasteiger partial charge on any atom is -0.372 e. The Morgan fingerprint density at radius 2 is 1.86 bits per heavy atom. The van der Waals surface area contributed by atoms with Crippen molar-refractivity contribution in [2.45, 2.75) is 13.8 Å². The molecule has 1 aliphatic heterocycles. The maximum atomic E-state index is 11.7. The van der Waals surface area contributed by atoms with Crippen molar-refractivity contribution in [3.8, 4) is 0 Å². The molecule has 0 radical (unpaired) electrons. The Bertz CT molecular complexity index is 738. The van der Waals surface area contributed by atoms with Gasteiger partial charge in [-0.15, -0.1) is 0 Å². The van der Waals surface area contributed by atoms with Gasteiger partial charge < -0.3 is 4.90 Å². The summed E-state index contributed by atoms with van der Waals surface area (Å²) >= 11 is 0. The largest absolute Gasteiger partial charge is 0.372 e. The zero-order chi connectivity index (χ0) is 15.5. The fourth-order valence-corrected chi connectivity index (χ4v) is 2.42. The second-order valence-electron chi connectivity index (χ2n) is 4.85. The van der Waals surface area contributed by atoms with Crippen LogP contribution in [0.1, 0.15) is 24.5 Å². The van der Waals surface area contributed by atoms with E-state index in [0.717, 1.165) is 18.8 Å². The third-order valence-electron chi connectivity index (χ3n) is 3.59. The molecule has 6 nitrogen and oxygen atoms in total. The van der Waals surface area contributed by atoms with Gasteiger partial charge in [-0.05, 0) is 50.3 Å². The number of rotatable bonds is 4. The first-order valence-electron chi connectivity index (χ1n) is 7.29. The molecule has 3 rings (SSSR count). The van der Waals surface area contributed by atoms with Crippen LogP contribution in [-0.2, 0) is 0 Å². The zero-order valence-electron chi connectivity index (χ0n) is 12.6. The van der Waals surface area contributed by atoms with Crippen LogP contribution in [0.5, 0.6) is 0 Å². The highest BCUT2D eigenvalue weighted by atomic mass is 16.1. The van der Waals surface area contributed by atoms with E-state index in [2.05, 4.69) is 33.8 Å². The molecule has 0 amide bonds. The van der Waals surface area contributed by atoms with Crippen molar-refractivity contribution < 1.29 is 4.79 Å². The third kappa shape index (κ3) is 2.55. The number of anilines is 1. The molecule has 0 N–H and O–H groups in total. The van der Waals surface area contributed by atoms with Gasteiger partial charge in [0.05, 0.1) is 5.69 Å². The first kappa shape index (κ1) is 14.2. The van der Waals surface area contributed by atoms with E-state index in [0.29, 0.717) is 11.7 Å². The molecule has 0 bridgehead atoms. The van der Waals surface area contributed by atoms with Crippen molar-refractivity contribution in [1.82, 2.24) is 14.8 Å². The lowest BCUT2D eigenvalue weighted by Gasteiger charge is -2.20. The maximum absolute atomic E-state index is 11.7. The Labute approximate surface area is 128 Å². The Morgan fingerprint density at radius 1 is 1.14 bits per heavy atom. The van der Waals surface area contributed by atoms with E-state index < -0.39 is 0 Å². The molecule has 0 aliphatic carbocycles. The van der Waals surface area contributed by atoms with Gasteiger partial charge in [0.25, 0.3) is 0 Å². The van der Waals surface area contributed by atoms with E-state index in [4.69, 9.17) is 0 Å². The highest BCUT2D eigenvalue weighted by Gasteiger charge is 2.19. The molecule has 22 heavy (non-hydrogen) atoms. The number of allylic oxidation sites excluding steroid dienone is 2. The number of hydrogen-bond acceptors (Lipinski definition) is 5. The molecule has 0 fully saturated rings. The molecule has 112 valence electrons. The van der Waals surface area contributed by atoms with Gasteiger partial charge in [0.15, 0.2) is 5.84 Å². The number of fused-ring (bicyclic) bond motifs is 1. The topological polar surface area (TPSA) is 63.4 Å². The van der Waals surface area contributed by atoms with E-state index >= 15 is 0 Å². The summed E-state index contributed by atoms with van der Waals surface area (Å²) in [5.74, 6) is 0.719. The van der Waals surface area contributed by atoms with Crippen LogP contribution in [-0.4, -0.2) is 39.5 Å². The van der Waals surface area contributed by atoms with Gasteiger partial charge in [-0.3, -0.25) is 4.79 Å². The van der Waals surface area contributed by atoms with Crippen LogP contribution in [0.3, 0.4) is 0 Å². The SMILES string of the molecule is CCN(CC)c1ccc(/N=C2/C=CC(=O)c3ncnn32)cc1. The number of ketones is 1. The molecular formula is C16H17N5O. The predicted molar refractivity (Wildman–Crippen MR) is 86.0 cm³/mol. The van der Waals surface area contributed by atoms with Crippen LogP contribution in [0.15, 0.2) is 47.7 Å². The second kappa shape index (κ2) is 5.93. The third-order valence-corrected chi connectivity index (χ3v) is 3.59. The van der Waals surface area contributed by atoms with Crippen LogP contribution in [0.2, 0.25) is 0 Å². The van der Waals surface area contributed by atoms with Crippen LogP contribution in [0.4, 0.5) is 11.4 Å². The number of aliphatic imine (C=N–C) groups is 1. The number of benzene rings is 1. The molecule has 0 atom stereocenters. The van der Waals surface area contributed by atoms with Crippen LogP contribution in [0, 0.1) is 0 Å². The van der Waals surface area contributed by atoms with Gasteiger partial charge in [0.1, 0.15) is 6.33 Å². The Kier molecular flexibility index (Phi) is 3.82. The summed E-state index contributed by atoms with van der Waals surface area (Å²) in [6.07, 6.45) is 4.48. The molecule has 0 unspecified atom stereocenters. The summed E-state index contributed by atoms with van der Waals surface area (Å²) in [6, 6.07) is 8.02. The summed E-state index contributed by atoms with van der Waals surface area (Å²) < 4.78 is 1.46. The van der Waals surface area contributed by atoms with E-state index in [9.17, 15) is 4.79 Å². The lowest BCUT2D eigenvalue weighted by Crippen LogP contribution is -2.22. The van der Waals surface area contributed by atoms with Crippen molar-refractivity contribution in [2.75, 3.05) is 18.0 Å². The number of nitrogens with zero attached hydrogens (tertiary/aromatic N) is 5. The van der Waals surface area contributed by atoms with E-state index in [1.54, 1.807) is 6.08 Å². The summed E-state index contributed by atoms with van der Waals surface area (Å²) in [7, 11) is 0. The maximum Gasteiger partial charge on any atom is 0.223 e.